The fraction of sp³-hybridized carbons (Fsp3) is 0.500. The number of carbonyl (C=O) groups is 1. The van der Waals surface area contributed by atoms with E-state index in [0.717, 1.165) is 36.2 Å². The van der Waals surface area contributed by atoms with E-state index in [9.17, 15) is 4.79 Å². The summed E-state index contributed by atoms with van der Waals surface area (Å²) in [7, 11) is 0. The number of benzene rings is 1. The van der Waals surface area contributed by atoms with Gasteiger partial charge < -0.3 is 14.1 Å². The van der Waals surface area contributed by atoms with E-state index in [-0.39, 0.29) is 5.97 Å². The van der Waals surface area contributed by atoms with Gasteiger partial charge in [-0.3, -0.25) is 0 Å². The molecule has 1 aromatic carbocycles. The van der Waals surface area contributed by atoms with Crippen LogP contribution < -0.4 is 0 Å². The molecule has 2 aromatic rings. The summed E-state index contributed by atoms with van der Waals surface area (Å²) in [6, 6.07) is 7.62. The first kappa shape index (κ1) is 20.0. The van der Waals surface area contributed by atoms with Crippen molar-refractivity contribution in [3.8, 4) is 0 Å². The topological polar surface area (TPSA) is 42.7 Å². The van der Waals surface area contributed by atoms with Crippen molar-refractivity contribution < 1.29 is 13.9 Å². The smallest absolute Gasteiger partial charge is 0.374 e. The van der Waals surface area contributed by atoms with E-state index in [1.54, 1.807) is 0 Å². The second-order valence-corrected chi connectivity index (χ2v) is 6.51. The Morgan fingerprint density at radius 1 is 1.22 bits per heavy atom. The van der Waals surface area contributed by atoms with Crippen molar-refractivity contribution in [2.45, 2.75) is 27.7 Å². The van der Waals surface area contributed by atoms with Crippen LogP contribution in [0.2, 0.25) is 0 Å². The van der Waals surface area contributed by atoms with Crippen LogP contribution in [0.3, 0.4) is 0 Å². The number of para-hydroxylation sites is 1. The standard InChI is InChI=1S/C16H21NO3.C2H5I/c1-4-17(5-2)10-11-19-16(18)15-12(3)13-8-6-7-9-14(13)20-15;1-2-3/h6-9H,4-5,10-11H2,1-3H3;2H2,1H3. The van der Waals surface area contributed by atoms with E-state index in [1.165, 1.54) is 4.43 Å². The summed E-state index contributed by atoms with van der Waals surface area (Å²) >= 11 is 2.29. The van der Waals surface area contributed by atoms with Crippen molar-refractivity contribution in [1.29, 1.82) is 0 Å². The molecule has 0 aliphatic rings. The first-order valence-corrected chi connectivity index (χ1v) is 9.55. The molecule has 0 aliphatic heterocycles. The van der Waals surface area contributed by atoms with Gasteiger partial charge in [-0.1, -0.05) is 61.6 Å². The maximum absolute atomic E-state index is 12.1. The van der Waals surface area contributed by atoms with E-state index < -0.39 is 0 Å². The highest BCUT2D eigenvalue weighted by molar-refractivity contribution is 14.1. The van der Waals surface area contributed by atoms with Crippen molar-refractivity contribution in [3.05, 3.63) is 35.6 Å². The van der Waals surface area contributed by atoms with Crippen LogP contribution in [0.5, 0.6) is 0 Å². The summed E-state index contributed by atoms with van der Waals surface area (Å²) in [6.45, 7) is 11.2. The third kappa shape index (κ3) is 5.80. The minimum absolute atomic E-state index is 0.311. The number of furan rings is 1. The molecule has 0 saturated heterocycles. The van der Waals surface area contributed by atoms with Gasteiger partial charge in [0.15, 0.2) is 0 Å². The Hall–Kier alpha value is -1.08. The largest absolute Gasteiger partial charge is 0.458 e. The average Bonchev–Trinajstić information content (AvgIpc) is 2.90. The number of likely N-dealkylation sites (N-methyl/N-ethyl adjacent to an activating group) is 1. The lowest BCUT2D eigenvalue weighted by atomic mass is 10.1. The zero-order valence-corrected chi connectivity index (χ0v) is 16.6. The summed E-state index contributed by atoms with van der Waals surface area (Å²) in [5.74, 6) is -0.0726. The van der Waals surface area contributed by atoms with Crippen molar-refractivity contribution in [2.24, 2.45) is 0 Å². The van der Waals surface area contributed by atoms with Crippen LogP contribution in [0.25, 0.3) is 11.0 Å². The maximum Gasteiger partial charge on any atom is 0.374 e. The molecule has 5 heteroatoms. The normalized spacial score (nSPS) is 10.5. The first-order valence-electron chi connectivity index (χ1n) is 8.02. The van der Waals surface area contributed by atoms with Crippen molar-refractivity contribution in [2.75, 3.05) is 30.7 Å². The number of alkyl halides is 1. The lowest BCUT2D eigenvalue weighted by molar-refractivity contribution is 0.0432. The number of halogens is 1. The Labute approximate surface area is 152 Å². The summed E-state index contributed by atoms with van der Waals surface area (Å²) in [4.78, 5) is 14.3. The lowest BCUT2D eigenvalue weighted by Gasteiger charge is -2.17. The third-order valence-electron chi connectivity index (χ3n) is 3.56. The highest BCUT2D eigenvalue weighted by atomic mass is 127. The van der Waals surface area contributed by atoms with Gasteiger partial charge in [-0.15, -0.1) is 0 Å². The van der Waals surface area contributed by atoms with E-state index in [2.05, 4.69) is 48.3 Å². The second-order valence-electron chi connectivity index (χ2n) is 4.98. The quantitative estimate of drug-likeness (QED) is 0.379. The molecule has 128 valence electrons. The van der Waals surface area contributed by atoms with Gasteiger partial charge in [0, 0.05) is 17.5 Å². The van der Waals surface area contributed by atoms with Gasteiger partial charge in [0.05, 0.1) is 0 Å². The Balaban J connectivity index is 0.000000816. The molecule has 0 aliphatic carbocycles. The molecule has 0 radical (unpaired) electrons. The third-order valence-corrected chi connectivity index (χ3v) is 3.56. The molecule has 1 heterocycles. The van der Waals surface area contributed by atoms with E-state index in [4.69, 9.17) is 9.15 Å². The molecule has 0 bridgehead atoms. The molecular formula is C18H26INO3. The van der Waals surface area contributed by atoms with Gasteiger partial charge in [-0.05, 0) is 30.5 Å². The summed E-state index contributed by atoms with van der Waals surface area (Å²) in [5, 5.41) is 0.961. The van der Waals surface area contributed by atoms with Gasteiger partial charge in [0.2, 0.25) is 5.76 Å². The van der Waals surface area contributed by atoms with Crippen LogP contribution in [0.1, 0.15) is 36.9 Å². The number of esters is 1. The molecule has 0 unspecified atom stereocenters. The second kappa shape index (κ2) is 10.6. The lowest BCUT2D eigenvalue weighted by Crippen LogP contribution is -2.27. The number of carbonyl (C=O) groups excluding carboxylic acids is 1. The number of nitrogens with zero attached hydrogens (tertiary/aromatic N) is 1. The number of rotatable bonds is 6. The zero-order chi connectivity index (χ0) is 17.2. The van der Waals surface area contributed by atoms with E-state index in [0.29, 0.717) is 12.4 Å². The minimum Gasteiger partial charge on any atom is -0.458 e. The van der Waals surface area contributed by atoms with Crippen LogP contribution in [-0.4, -0.2) is 41.5 Å². The Kier molecular flexibility index (Phi) is 9.24. The number of fused-ring (bicyclic) bond motifs is 1. The fourth-order valence-corrected chi connectivity index (χ4v) is 2.24. The molecule has 0 fully saturated rings. The van der Waals surface area contributed by atoms with Crippen molar-refractivity contribution in [1.82, 2.24) is 4.90 Å². The molecule has 0 N–H and O–H groups in total. The molecule has 0 amide bonds. The predicted molar refractivity (Wildman–Crippen MR) is 104 cm³/mol. The predicted octanol–water partition coefficient (Wildman–Crippen LogP) is 4.68. The number of hydrogen-bond donors (Lipinski definition) is 0. The fourth-order valence-electron chi connectivity index (χ4n) is 2.24. The molecule has 1 aromatic heterocycles. The molecule has 2 rings (SSSR count). The summed E-state index contributed by atoms with van der Waals surface area (Å²) in [5.41, 5.74) is 1.56. The molecule has 23 heavy (non-hydrogen) atoms. The molecule has 0 saturated carbocycles. The van der Waals surface area contributed by atoms with E-state index >= 15 is 0 Å². The SMILES string of the molecule is CCI.CCN(CC)CCOC(=O)c1oc2ccccc2c1C. The molecule has 0 spiro atoms. The average molecular weight is 431 g/mol. The first-order chi connectivity index (χ1) is 11.1. The van der Waals surface area contributed by atoms with Gasteiger partial charge in [-0.2, -0.15) is 0 Å². The van der Waals surface area contributed by atoms with Gasteiger partial charge >= 0.3 is 5.97 Å². The van der Waals surface area contributed by atoms with Crippen LogP contribution in [0, 0.1) is 6.92 Å². The Morgan fingerprint density at radius 3 is 2.39 bits per heavy atom. The van der Waals surface area contributed by atoms with Crippen LogP contribution in [0.15, 0.2) is 28.7 Å². The van der Waals surface area contributed by atoms with Gasteiger partial charge in [-0.25, -0.2) is 4.79 Å². The van der Waals surface area contributed by atoms with Crippen LogP contribution in [0.4, 0.5) is 0 Å². The van der Waals surface area contributed by atoms with E-state index in [1.807, 2.05) is 31.2 Å². The van der Waals surface area contributed by atoms with Crippen molar-refractivity contribution >= 4 is 39.5 Å². The maximum atomic E-state index is 12.1. The van der Waals surface area contributed by atoms with Crippen LogP contribution >= 0.6 is 22.6 Å². The van der Waals surface area contributed by atoms with Crippen LogP contribution in [-0.2, 0) is 4.74 Å². The number of aryl methyl sites for hydroxylation is 1. The molecule has 4 nitrogen and oxygen atoms in total. The highest BCUT2D eigenvalue weighted by Gasteiger charge is 2.18. The van der Waals surface area contributed by atoms with Gasteiger partial charge in [0.1, 0.15) is 12.2 Å². The highest BCUT2D eigenvalue weighted by Crippen LogP contribution is 2.25. The summed E-state index contributed by atoms with van der Waals surface area (Å²) in [6.07, 6.45) is 0. The summed E-state index contributed by atoms with van der Waals surface area (Å²) < 4.78 is 12.1. The number of hydrogen-bond acceptors (Lipinski definition) is 4. The number of ether oxygens (including phenoxy) is 1. The van der Waals surface area contributed by atoms with Gasteiger partial charge in [0.25, 0.3) is 0 Å². The minimum atomic E-state index is -0.383. The monoisotopic (exact) mass is 431 g/mol. The Morgan fingerprint density at radius 2 is 1.83 bits per heavy atom. The van der Waals surface area contributed by atoms with Crippen molar-refractivity contribution in [3.63, 3.8) is 0 Å². The molecule has 0 atom stereocenters. The Bertz CT molecular complexity index is 605. The zero-order valence-electron chi connectivity index (χ0n) is 14.4. The molecular weight excluding hydrogens is 405 g/mol.